The number of likely N-dealkylation sites (tertiary alicyclic amines) is 1. The van der Waals surface area contributed by atoms with Crippen molar-refractivity contribution in [3.8, 4) is 0 Å². The molecule has 0 aromatic heterocycles. The normalized spacial score (nSPS) is 20.1. The third-order valence-corrected chi connectivity index (χ3v) is 3.35. The molecule has 1 aliphatic heterocycles. The van der Waals surface area contributed by atoms with Gasteiger partial charge in [-0.2, -0.15) is 0 Å². The van der Waals surface area contributed by atoms with Gasteiger partial charge in [-0.15, -0.1) is 0 Å². The van der Waals surface area contributed by atoms with Crippen LogP contribution in [-0.2, 0) is 12.0 Å². The van der Waals surface area contributed by atoms with Crippen molar-refractivity contribution >= 4 is 0 Å². The van der Waals surface area contributed by atoms with Gasteiger partial charge in [-0.05, 0) is 23.5 Å². The Labute approximate surface area is 104 Å². The zero-order valence-electron chi connectivity index (χ0n) is 11.3. The molecule has 1 fully saturated rings. The average molecular weight is 233 g/mol. The van der Waals surface area contributed by atoms with Crippen molar-refractivity contribution in [2.45, 2.75) is 45.3 Å². The lowest BCUT2D eigenvalue weighted by atomic mass is 9.86. The maximum atomic E-state index is 9.67. The number of rotatable bonds is 2. The van der Waals surface area contributed by atoms with Gasteiger partial charge in [-0.1, -0.05) is 45.0 Å². The molecule has 0 radical (unpaired) electrons. The van der Waals surface area contributed by atoms with E-state index in [2.05, 4.69) is 49.9 Å². The van der Waals surface area contributed by atoms with Crippen LogP contribution in [0.4, 0.5) is 0 Å². The zero-order valence-corrected chi connectivity index (χ0v) is 11.3. The molecule has 0 atom stereocenters. The number of nitrogens with zero attached hydrogens (tertiary/aromatic N) is 1. The molecule has 1 aromatic carbocycles. The van der Waals surface area contributed by atoms with Crippen LogP contribution in [0.1, 0.15) is 38.8 Å². The molecule has 0 spiro atoms. The van der Waals surface area contributed by atoms with Crippen LogP contribution in [0.5, 0.6) is 0 Å². The molecule has 0 amide bonds. The first-order chi connectivity index (χ1) is 7.76. The van der Waals surface area contributed by atoms with Crippen molar-refractivity contribution < 1.29 is 5.11 Å². The summed E-state index contributed by atoms with van der Waals surface area (Å²) in [5.74, 6) is 0. The fourth-order valence-corrected chi connectivity index (χ4v) is 2.40. The van der Waals surface area contributed by atoms with Crippen molar-refractivity contribution in [3.63, 3.8) is 0 Å². The van der Waals surface area contributed by atoms with Crippen LogP contribution < -0.4 is 0 Å². The molecule has 1 heterocycles. The van der Waals surface area contributed by atoms with E-state index in [1.54, 1.807) is 0 Å². The van der Waals surface area contributed by atoms with Gasteiger partial charge >= 0.3 is 0 Å². The van der Waals surface area contributed by atoms with Gasteiger partial charge in [-0.25, -0.2) is 0 Å². The average Bonchev–Trinajstić information content (AvgIpc) is 2.14. The van der Waals surface area contributed by atoms with Gasteiger partial charge in [0.1, 0.15) is 0 Å². The minimum atomic E-state index is -0.467. The van der Waals surface area contributed by atoms with Crippen molar-refractivity contribution in [2.75, 3.05) is 13.1 Å². The summed E-state index contributed by atoms with van der Waals surface area (Å²) in [7, 11) is 0. The molecule has 94 valence electrons. The first kappa shape index (κ1) is 12.6. The highest BCUT2D eigenvalue weighted by Gasteiger charge is 2.35. The Morgan fingerprint density at radius 2 is 1.71 bits per heavy atom. The van der Waals surface area contributed by atoms with E-state index in [1.165, 1.54) is 11.1 Å². The van der Waals surface area contributed by atoms with Crippen LogP contribution in [0.2, 0.25) is 0 Å². The highest BCUT2D eigenvalue weighted by atomic mass is 16.3. The van der Waals surface area contributed by atoms with Crippen molar-refractivity contribution in [3.05, 3.63) is 35.4 Å². The summed E-state index contributed by atoms with van der Waals surface area (Å²) in [6, 6.07) is 8.84. The summed E-state index contributed by atoms with van der Waals surface area (Å²) in [5, 5.41) is 9.67. The molecular formula is C15H23NO. The Hall–Kier alpha value is -0.860. The van der Waals surface area contributed by atoms with Crippen molar-refractivity contribution in [1.82, 2.24) is 4.90 Å². The van der Waals surface area contributed by atoms with Crippen LogP contribution in [0.3, 0.4) is 0 Å². The summed E-state index contributed by atoms with van der Waals surface area (Å²) in [6.07, 6.45) is 0. The van der Waals surface area contributed by atoms with Gasteiger partial charge in [0.05, 0.1) is 5.60 Å². The second-order valence-corrected chi connectivity index (χ2v) is 6.59. The molecule has 0 saturated carbocycles. The monoisotopic (exact) mass is 233 g/mol. The van der Waals surface area contributed by atoms with Gasteiger partial charge in [0.2, 0.25) is 0 Å². The maximum Gasteiger partial charge on any atom is 0.0872 e. The van der Waals surface area contributed by atoms with E-state index in [-0.39, 0.29) is 5.41 Å². The fraction of sp³-hybridized carbons (Fsp3) is 0.600. The predicted octanol–water partition coefficient (Wildman–Crippen LogP) is 2.55. The van der Waals surface area contributed by atoms with Crippen LogP contribution in [0.15, 0.2) is 24.3 Å². The van der Waals surface area contributed by atoms with E-state index in [0.29, 0.717) is 0 Å². The number of β-amino-alcohol motifs (C(OH)–C–C–N with tert-alkyl or cyclic N) is 1. The minimum absolute atomic E-state index is 0.221. The predicted molar refractivity (Wildman–Crippen MR) is 71.0 cm³/mol. The molecule has 2 heteroatoms. The Morgan fingerprint density at radius 1 is 1.18 bits per heavy atom. The summed E-state index contributed by atoms with van der Waals surface area (Å²) in [6.45, 7) is 11.1. The Kier molecular flexibility index (Phi) is 3.04. The fourth-order valence-electron chi connectivity index (χ4n) is 2.40. The molecule has 1 aromatic rings. The lowest BCUT2D eigenvalue weighted by molar-refractivity contribution is -0.0871. The molecule has 0 unspecified atom stereocenters. The topological polar surface area (TPSA) is 23.5 Å². The van der Waals surface area contributed by atoms with E-state index in [9.17, 15) is 5.11 Å². The Bertz CT molecular complexity index is 378. The smallest absolute Gasteiger partial charge is 0.0872 e. The molecule has 2 rings (SSSR count). The first-order valence-electron chi connectivity index (χ1n) is 6.30. The SMILES string of the molecule is CC1(O)CN(Cc2ccc(C(C)(C)C)cc2)C1. The summed E-state index contributed by atoms with van der Waals surface area (Å²) in [5.41, 5.74) is 2.45. The summed E-state index contributed by atoms with van der Waals surface area (Å²) in [4.78, 5) is 2.27. The molecule has 1 aliphatic rings. The van der Waals surface area contributed by atoms with E-state index in [4.69, 9.17) is 0 Å². The van der Waals surface area contributed by atoms with Crippen LogP contribution in [-0.4, -0.2) is 28.7 Å². The Balaban J connectivity index is 1.96. The first-order valence-corrected chi connectivity index (χ1v) is 6.30. The van der Waals surface area contributed by atoms with Gasteiger partial charge in [-0.3, -0.25) is 4.90 Å². The number of benzene rings is 1. The van der Waals surface area contributed by atoms with Gasteiger partial charge < -0.3 is 5.11 Å². The molecular weight excluding hydrogens is 210 g/mol. The van der Waals surface area contributed by atoms with Crippen molar-refractivity contribution in [2.24, 2.45) is 0 Å². The molecule has 0 aliphatic carbocycles. The number of aliphatic hydroxyl groups is 1. The second-order valence-electron chi connectivity index (χ2n) is 6.59. The molecule has 17 heavy (non-hydrogen) atoms. The highest BCUT2D eigenvalue weighted by molar-refractivity contribution is 5.27. The maximum absolute atomic E-state index is 9.67. The second kappa shape index (κ2) is 4.11. The summed E-state index contributed by atoms with van der Waals surface area (Å²) >= 11 is 0. The van der Waals surface area contributed by atoms with Gasteiger partial charge in [0, 0.05) is 19.6 Å². The van der Waals surface area contributed by atoms with Crippen LogP contribution >= 0.6 is 0 Å². The standard InChI is InChI=1S/C15H23NO/c1-14(2,3)13-7-5-12(6-8-13)9-16-10-15(4,17)11-16/h5-8,17H,9-11H2,1-4H3. The molecule has 1 saturated heterocycles. The van der Waals surface area contributed by atoms with Crippen LogP contribution in [0.25, 0.3) is 0 Å². The third kappa shape index (κ3) is 3.08. The highest BCUT2D eigenvalue weighted by Crippen LogP contribution is 2.25. The lowest BCUT2D eigenvalue weighted by Crippen LogP contribution is -2.59. The van der Waals surface area contributed by atoms with E-state index in [0.717, 1.165) is 19.6 Å². The Morgan fingerprint density at radius 3 is 2.12 bits per heavy atom. The number of hydrogen-bond donors (Lipinski definition) is 1. The molecule has 2 nitrogen and oxygen atoms in total. The van der Waals surface area contributed by atoms with Crippen molar-refractivity contribution in [1.29, 1.82) is 0 Å². The molecule has 1 N–H and O–H groups in total. The van der Waals surface area contributed by atoms with E-state index >= 15 is 0 Å². The van der Waals surface area contributed by atoms with Crippen LogP contribution in [0, 0.1) is 0 Å². The minimum Gasteiger partial charge on any atom is -0.388 e. The largest absolute Gasteiger partial charge is 0.388 e. The number of hydrogen-bond acceptors (Lipinski definition) is 2. The summed E-state index contributed by atoms with van der Waals surface area (Å²) < 4.78 is 0. The van der Waals surface area contributed by atoms with E-state index in [1.807, 2.05) is 6.92 Å². The van der Waals surface area contributed by atoms with Gasteiger partial charge in [0.15, 0.2) is 0 Å². The quantitative estimate of drug-likeness (QED) is 0.848. The zero-order chi connectivity index (χ0) is 12.7. The lowest BCUT2D eigenvalue weighted by Gasteiger charge is -2.44. The third-order valence-electron chi connectivity index (χ3n) is 3.35. The van der Waals surface area contributed by atoms with Gasteiger partial charge in [0.25, 0.3) is 0 Å². The molecule has 0 bridgehead atoms. The van der Waals surface area contributed by atoms with E-state index < -0.39 is 5.60 Å².